The third-order valence-electron chi connectivity index (χ3n) is 8.36. The first-order chi connectivity index (χ1) is 10.9. The van der Waals surface area contributed by atoms with Crippen LogP contribution in [0.1, 0.15) is 58.8 Å². The van der Waals surface area contributed by atoms with Crippen molar-refractivity contribution in [2.75, 3.05) is 6.61 Å². The standard InChI is InChI=1S/C20H32O3/c1-12-9-17-15-4-3-13-10-14(22)5-8-20(13,11-21)16(15)6-7-19(17,2)18(12)23/h3,12,14-18,21-23H,4-11H2,1-2H3/t12-,14-,15?,16?,17?,18+,19-,20+/m0/s1. The second-order valence-electron chi connectivity index (χ2n) is 9.26. The van der Waals surface area contributed by atoms with Crippen molar-refractivity contribution in [3.63, 3.8) is 0 Å². The highest BCUT2D eigenvalue weighted by Crippen LogP contribution is 2.65. The van der Waals surface area contributed by atoms with Gasteiger partial charge in [-0.1, -0.05) is 25.5 Å². The number of rotatable bonds is 1. The van der Waals surface area contributed by atoms with Crippen LogP contribution in [0, 0.1) is 34.5 Å². The number of aliphatic hydroxyl groups excluding tert-OH is 3. The van der Waals surface area contributed by atoms with Crippen molar-refractivity contribution in [1.29, 1.82) is 0 Å². The van der Waals surface area contributed by atoms with E-state index in [0.29, 0.717) is 23.7 Å². The smallest absolute Gasteiger partial charge is 0.0622 e. The minimum Gasteiger partial charge on any atom is -0.395 e. The van der Waals surface area contributed by atoms with Crippen LogP contribution in [0.15, 0.2) is 11.6 Å². The summed E-state index contributed by atoms with van der Waals surface area (Å²) in [5.74, 6) is 2.11. The Kier molecular flexibility index (Phi) is 3.72. The molecule has 4 aliphatic rings. The highest BCUT2D eigenvalue weighted by atomic mass is 16.3. The maximum absolute atomic E-state index is 10.7. The minimum absolute atomic E-state index is 0.0662. The van der Waals surface area contributed by atoms with Gasteiger partial charge in [-0.05, 0) is 74.0 Å². The molecule has 130 valence electrons. The van der Waals surface area contributed by atoms with Crippen LogP contribution in [-0.2, 0) is 0 Å². The Morgan fingerprint density at radius 1 is 1.17 bits per heavy atom. The average Bonchev–Trinajstić information content (AvgIpc) is 2.78. The summed E-state index contributed by atoms with van der Waals surface area (Å²) >= 11 is 0. The number of allylic oxidation sites excluding steroid dienone is 1. The number of hydrogen-bond acceptors (Lipinski definition) is 3. The van der Waals surface area contributed by atoms with E-state index in [0.717, 1.165) is 44.9 Å². The highest BCUT2D eigenvalue weighted by molar-refractivity contribution is 5.26. The Hall–Kier alpha value is -0.380. The molecule has 3 unspecified atom stereocenters. The highest BCUT2D eigenvalue weighted by Gasteiger charge is 2.60. The van der Waals surface area contributed by atoms with Gasteiger partial charge in [0, 0.05) is 5.41 Å². The van der Waals surface area contributed by atoms with Crippen molar-refractivity contribution in [3.05, 3.63) is 11.6 Å². The summed E-state index contributed by atoms with van der Waals surface area (Å²) in [5.41, 5.74) is 1.31. The lowest BCUT2D eigenvalue weighted by Crippen LogP contribution is -2.53. The quantitative estimate of drug-likeness (QED) is 0.651. The van der Waals surface area contributed by atoms with Gasteiger partial charge in [-0.3, -0.25) is 0 Å². The predicted octanol–water partition coefficient (Wildman–Crippen LogP) is 2.89. The summed E-state index contributed by atoms with van der Waals surface area (Å²) < 4.78 is 0. The number of fused-ring (bicyclic) bond motifs is 5. The van der Waals surface area contributed by atoms with Gasteiger partial charge in [0.1, 0.15) is 0 Å². The van der Waals surface area contributed by atoms with E-state index in [2.05, 4.69) is 19.9 Å². The summed E-state index contributed by atoms with van der Waals surface area (Å²) in [7, 11) is 0. The Balaban J connectivity index is 1.70. The fourth-order valence-electron chi connectivity index (χ4n) is 7.07. The van der Waals surface area contributed by atoms with Crippen molar-refractivity contribution in [2.24, 2.45) is 34.5 Å². The fourth-order valence-corrected chi connectivity index (χ4v) is 7.07. The Labute approximate surface area is 139 Å². The predicted molar refractivity (Wildman–Crippen MR) is 89.7 cm³/mol. The first kappa shape index (κ1) is 16.1. The van der Waals surface area contributed by atoms with Crippen LogP contribution < -0.4 is 0 Å². The van der Waals surface area contributed by atoms with E-state index < -0.39 is 0 Å². The van der Waals surface area contributed by atoms with Crippen molar-refractivity contribution >= 4 is 0 Å². The number of aliphatic hydroxyl groups is 3. The number of hydrogen-bond donors (Lipinski definition) is 3. The average molecular weight is 320 g/mol. The van der Waals surface area contributed by atoms with Gasteiger partial charge < -0.3 is 15.3 Å². The topological polar surface area (TPSA) is 60.7 Å². The van der Waals surface area contributed by atoms with Crippen molar-refractivity contribution in [1.82, 2.24) is 0 Å². The monoisotopic (exact) mass is 320 g/mol. The summed E-state index contributed by atoms with van der Waals surface area (Å²) in [5, 5.41) is 31.1. The molecule has 0 aromatic heterocycles. The van der Waals surface area contributed by atoms with Crippen LogP contribution in [0.25, 0.3) is 0 Å². The van der Waals surface area contributed by atoms with Crippen LogP contribution in [0.4, 0.5) is 0 Å². The maximum atomic E-state index is 10.7. The molecular formula is C20H32O3. The third-order valence-corrected chi connectivity index (χ3v) is 8.36. The molecule has 0 heterocycles. The van der Waals surface area contributed by atoms with Crippen LogP contribution in [0.2, 0.25) is 0 Å². The molecule has 0 radical (unpaired) electrons. The van der Waals surface area contributed by atoms with Gasteiger partial charge in [0.15, 0.2) is 0 Å². The minimum atomic E-state index is -0.223. The largest absolute Gasteiger partial charge is 0.395 e. The van der Waals surface area contributed by atoms with Gasteiger partial charge in [-0.15, -0.1) is 0 Å². The molecule has 0 amide bonds. The molecule has 0 aliphatic heterocycles. The molecule has 0 spiro atoms. The van der Waals surface area contributed by atoms with E-state index in [-0.39, 0.29) is 29.6 Å². The molecular weight excluding hydrogens is 288 g/mol. The summed E-state index contributed by atoms with van der Waals surface area (Å²) in [6.45, 7) is 4.73. The molecule has 3 nitrogen and oxygen atoms in total. The molecule has 3 N–H and O–H groups in total. The van der Waals surface area contributed by atoms with Gasteiger partial charge in [-0.25, -0.2) is 0 Å². The molecule has 4 aliphatic carbocycles. The van der Waals surface area contributed by atoms with E-state index in [9.17, 15) is 15.3 Å². The lowest BCUT2D eigenvalue weighted by molar-refractivity contribution is -0.0909. The Bertz CT molecular complexity index is 515. The van der Waals surface area contributed by atoms with Crippen LogP contribution in [0.5, 0.6) is 0 Å². The van der Waals surface area contributed by atoms with Gasteiger partial charge in [-0.2, -0.15) is 0 Å². The van der Waals surface area contributed by atoms with Crippen LogP contribution in [0.3, 0.4) is 0 Å². The van der Waals surface area contributed by atoms with Crippen LogP contribution >= 0.6 is 0 Å². The normalized spacial score (nSPS) is 55.6. The third kappa shape index (κ3) is 2.06. The summed E-state index contributed by atoms with van der Waals surface area (Å²) in [6, 6.07) is 0. The fraction of sp³-hybridized carbons (Fsp3) is 0.900. The molecule has 3 fully saturated rings. The van der Waals surface area contributed by atoms with Crippen molar-refractivity contribution < 1.29 is 15.3 Å². The second-order valence-corrected chi connectivity index (χ2v) is 9.26. The van der Waals surface area contributed by atoms with E-state index in [1.807, 2.05) is 0 Å². The molecule has 0 aromatic rings. The summed E-state index contributed by atoms with van der Waals surface area (Å²) in [4.78, 5) is 0. The van der Waals surface area contributed by atoms with Crippen LogP contribution in [-0.4, -0.2) is 34.1 Å². The molecule has 3 heteroatoms. The zero-order valence-corrected chi connectivity index (χ0v) is 14.5. The lowest BCUT2D eigenvalue weighted by atomic mass is 9.47. The Morgan fingerprint density at radius 2 is 1.96 bits per heavy atom. The molecule has 4 rings (SSSR count). The van der Waals surface area contributed by atoms with E-state index >= 15 is 0 Å². The SMILES string of the molecule is C[C@H]1CC2C3CC=C4C[C@@H](O)CC[C@]4(CO)C3CC[C@]2(C)[C@@H]1O. The maximum Gasteiger partial charge on any atom is 0.0622 e. The molecule has 23 heavy (non-hydrogen) atoms. The molecule has 3 saturated carbocycles. The first-order valence-corrected chi connectivity index (χ1v) is 9.59. The first-order valence-electron chi connectivity index (χ1n) is 9.59. The molecule has 0 saturated heterocycles. The van der Waals surface area contributed by atoms with Gasteiger partial charge in [0.05, 0.1) is 18.8 Å². The zero-order chi connectivity index (χ0) is 16.4. The van der Waals surface area contributed by atoms with Gasteiger partial charge in [0.2, 0.25) is 0 Å². The van der Waals surface area contributed by atoms with Gasteiger partial charge in [0.25, 0.3) is 0 Å². The molecule has 0 bridgehead atoms. The Morgan fingerprint density at radius 3 is 2.70 bits per heavy atom. The lowest BCUT2D eigenvalue weighted by Gasteiger charge is -2.58. The van der Waals surface area contributed by atoms with Crippen molar-refractivity contribution in [2.45, 2.75) is 71.0 Å². The molecule has 8 atom stereocenters. The van der Waals surface area contributed by atoms with Crippen molar-refractivity contribution in [3.8, 4) is 0 Å². The molecule has 0 aromatic carbocycles. The zero-order valence-electron chi connectivity index (χ0n) is 14.5. The second kappa shape index (κ2) is 5.31. The van der Waals surface area contributed by atoms with E-state index in [4.69, 9.17) is 0 Å². The van der Waals surface area contributed by atoms with E-state index in [1.54, 1.807) is 0 Å². The van der Waals surface area contributed by atoms with Gasteiger partial charge >= 0.3 is 0 Å². The summed E-state index contributed by atoms with van der Waals surface area (Å²) in [6.07, 6.45) is 8.88. The van der Waals surface area contributed by atoms with E-state index in [1.165, 1.54) is 5.57 Å².